The molecule has 4 heteroatoms. The van der Waals surface area contributed by atoms with Crippen molar-refractivity contribution >= 4 is 0 Å². The molecule has 0 amide bonds. The van der Waals surface area contributed by atoms with Crippen molar-refractivity contribution in [2.75, 3.05) is 0 Å². The van der Waals surface area contributed by atoms with Crippen LogP contribution in [0.5, 0.6) is 5.75 Å². The van der Waals surface area contributed by atoms with Crippen molar-refractivity contribution in [3.63, 3.8) is 0 Å². The first-order valence-electron chi connectivity index (χ1n) is 6.83. The van der Waals surface area contributed by atoms with Crippen LogP contribution >= 0.6 is 0 Å². The Morgan fingerprint density at radius 2 is 2.12 bits per heavy atom. The molecule has 1 aromatic carbocycles. The van der Waals surface area contributed by atoms with Gasteiger partial charge in [-0.2, -0.15) is 0 Å². The average Bonchev–Trinajstić information content (AvgIpc) is 2.23. The summed E-state index contributed by atoms with van der Waals surface area (Å²) in [4.78, 5) is 0. The lowest BCUT2D eigenvalue weighted by atomic mass is 9.85. The van der Waals surface area contributed by atoms with Crippen LogP contribution in [-0.4, -0.2) is 6.36 Å². The Labute approximate surface area is 97.8 Å². The first kappa shape index (κ1) is 7.20. The van der Waals surface area contributed by atoms with Crippen LogP contribution in [0.2, 0.25) is 0 Å². The molecule has 1 unspecified atom stereocenters. The largest absolute Gasteiger partial charge is 0.573 e. The minimum absolute atomic E-state index is 0.141. The van der Waals surface area contributed by atoms with Crippen LogP contribution in [0.25, 0.3) is 0 Å². The number of aryl methyl sites for hydroxylation is 1. The molecular formula is C12H13F3O. The molecule has 2 rings (SSSR count). The number of halogens is 3. The third-order valence-electron chi connectivity index (χ3n) is 2.28. The number of benzene rings is 1. The van der Waals surface area contributed by atoms with E-state index in [0.717, 1.165) is 12.1 Å². The van der Waals surface area contributed by atoms with E-state index in [-0.39, 0.29) is 17.5 Å². The standard InChI is InChI=1S/C12H13F3O/c1-8-2-3-10-7-11(16-12(13,14)15)5-4-9(10)6-8/h4-5,7-8H,2-3,6H2,1H3/i2D2,6D2. The molecule has 1 aromatic rings. The van der Waals surface area contributed by atoms with Crippen molar-refractivity contribution in [3.8, 4) is 5.75 Å². The van der Waals surface area contributed by atoms with Crippen LogP contribution < -0.4 is 4.74 Å². The maximum absolute atomic E-state index is 12.2. The topological polar surface area (TPSA) is 9.23 Å². The van der Waals surface area contributed by atoms with E-state index in [1.807, 2.05) is 0 Å². The fraction of sp³-hybridized carbons (Fsp3) is 0.500. The van der Waals surface area contributed by atoms with Crippen molar-refractivity contribution in [2.24, 2.45) is 5.92 Å². The maximum Gasteiger partial charge on any atom is 0.573 e. The molecule has 0 saturated carbocycles. The second-order valence-electron chi connectivity index (χ2n) is 3.61. The van der Waals surface area contributed by atoms with E-state index in [9.17, 15) is 13.2 Å². The molecule has 0 saturated heterocycles. The molecule has 1 nitrogen and oxygen atoms in total. The number of hydrogen-bond donors (Lipinski definition) is 0. The van der Waals surface area contributed by atoms with Crippen molar-refractivity contribution in [2.45, 2.75) is 32.5 Å². The lowest BCUT2D eigenvalue weighted by Gasteiger charge is -2.22. The molecule has 88 valence electrons. The molecule has 0 aromatic heterocycles. The lowest BCUT2D eigenvalue weighted by Crippen LogP contribution is -2.18. The monoisotopic (exact) mass is 234 g/mol. The second kappa shape index (κ2) is 4.00. The summed E-state index contributed by atoms with van der Waals surface area (Å²) in [6.07, 6.45) is -8.73. The van der Waals surface area contributed by atoms with E-state index in [4.69, 9.17) is 5.48 Å². The predicted octanol–water partition coefficient (Wildman–Crippen LogP) is 3.71. The highest BCUT2D eigenvalue weighted by Crippen LogP contribution is 2.30. The van der Waals surface area contributed by atoms with Crippen LogP contribution in [-0.2, 0) is 12.8 Å². The summed E-state index contributed by atoms with van der Waals surface area (Å²) in [5.74, 6) is -1.35. The van der Waals surface area contributed by atoms with Gasteiger partial charge in [-0.05, 0) is 48.3 Å². The zero-order chi connectivity index (χ0) is 15.3. The SMILES string of the molecule is [2H]C1([2H])Cc2cc(OC(F)(F)F)ccc2C([2H])([2H])C1C. The number of rotatable bonds is 1. The fourth-order valence-corrected chi connectivity index (χ4v) is 1.60. The van der Waals surface area contributed by atoms with Gasteiger partial charge in [0.05, 0.1) is 0 Å². The number of hydrogen-bond acceptors (Lipinski definition) is 1. The van der Waals surface area contributed by atoms with Gasteiger partial charge in [-0.3, -0.25) is 0 Å². The van der Waals surface area contributed by atoms with Gasteiger partial charge in [0.2, 0.25) is 0 Å². The van der Waals surface area contributed by atoms with Crippen LogP contribution in [0.1, 0.15) is 29.9 Å². The van der Waals surface area contributed by atoms with E-state index in [1.165, 1.54) is 13.0 Å². The third-order valence-corrected chi connectivity index (χ3v) is 2.28. The molecule has 0 bridgehead atoms. The predicted molar refractivity (Wildman–Crippen MR) is 54.3 cm³/mol. The number of alkyl halides is 3. The van der Waals surface area contributed by atoms with Crippen LogP contribution in [0, 0.1) is 5.92 Å². The second-order valence-corrected chi connectivity index (χ2v) is 3.61. The van der Waals surface area contributed by atoms with Gasteiger partial charge in [-0.1, -0.05) is 13.0 Å². The van der Waals surface area contributed by atoms with Gasteiger partial charge in [0.1, 0.15) is 5.75 Å². The van der Waals surface area contributed by atoms with Crippen LogP contribution in [0.3, 0.4) is 0 Å². The Balaban J connectivity index is 2.45. The maximum atomic E-state index is 12.2. The number of ether oxygens (including phenoxy) is 1. The normalized spacial score (nSPS) is 30.4. The molecule has 0 N–H and O–H groups in total. The summed E-state index contributed by atoms with van der Waals surface area (Å²) >= 11 is 0. The summed E-state index contributed by atoms with van der Waals surface area (Å²) in [5.41, 5.74) is 0.425. The summed E-state index contributed by atoms with van der Waals surface area (Å²) in [7, 11) is 0. The van der Waals surface area contributed by atoms with Gasteiger partial charge < -0.3 is 4.74 Å². The van der Waals surface area contributed by atoms with Gasteiger partial charge in [0.25, 0.3) is 0 Å². The molecule has 1 aliphatic carbocycles. The Hall–Kier alpha value is -1.19. The van der Waals surface area contributed by atoms with Crippen LogP contribution in [0.4, 0.5) is 13.2 Å². The Kier molecular flexibility index (Phi) is 1.80. The first-order chi connectivity index (χ1) is 8.93. The van der Waals surface area contributed by atoms with Crippen molar-refractivity contribution in [1.82, 2.24) is 0 Å². The molecular weight excluding hydrogens is 217 g/mol. The minimum atomic E-state index is -4.83. The molecule has 0 aliphatic heterocycles. The van der Waals surface area contributed by atoms with E-state index in [2.05, 4.69) is 4.74 Å². The summed E-state index contributed by atoms with van der Waals surface area (Å²) < 4.78 is 71.9. The highest BCUT2D eigenvalue weighted by Gasteiger charge is 2.31. The average molecular weight is 234 g/mol. The van der Waals surface area contributed by atoms with Crippen molar-refractivity contribution in [1.29, 1.82) is 0 Å². The van der Waals surface area contributed by atoms with Gasteiger partial charge in [0.15, 0.2) is 0 Å². The Bertz CT molecular complexity index is 528. The highest BCUT2D eigenvalue weighted by atomic mass is 19.4. The molecule has 0 spiro atoms. The van der Waals surface area contributed by atoms with Crippen LogP contribution in [0.15, 0.2) is 18.2 Å². The summed E-state index contributed by atoms with van der Waals surface area (Å²) in [6, 6.07) is 3.35. The van der Waals surface area contributed by atoms with Gasteiger partial charge in [-0.15, -0.1) is 13.2 Å². The van der Waals surface area contributed by atoms with E-state index < -0.39 is 30.8 Å². The highest BCUT2D eigenvalue weighted by molar-refractivity contribution is 5.37. The van der Waals surface area contributed by atoms with E-state index in [1.54, 1.807) is 0 Å². The van der Waals surface area contributed by atoms with Gasteiger partial charge in [0, 0.05) is 5.48 Å². The zero-order valence-corrected chi connectivity index (χ0v) is 8.56. The van der Waals surface area contributed by atoms with E-state index in [0.29, 0.717) is 0 Å². The zero-order valence-electron chi connectivity index (χ0n) is 12.6. The van der Waals surface area contributed by atoms with Gasteiger partial charge >= 0.3 is 6.36 Å². The first-order valence-corrected chi connectivity index (χ1v) is 4.83. The molecule has 16 heavy (non-hydrogen) atoms. The minimum Gasteiger partial charge on any atom is -0.406 e. The quantitative estimate of drug-likeness (QED) is 0.719. The van der Waals surface area contributed by atoms with Gasteiger partial charge in [-0.25, -0.2) is 0 Å². The van der Waals surface area contributed by atoms with Crippen molar-refractivity contribution in [3.05, 3.63) is 29.3 Å². The fourth-order valence-electron chi connectivity index (χ4n) is 1.60. The summed E-state index contributed by atoms with van der Waals surface area (Å²) in [5, 5.41) is 0. The summed E-state index contributed by atoms with van der Waals surface area (Å²) in [6.45, 7) is 1.46. The molecule has 1 atom stereocenters. The Morgan fingerprint density at radius 1 is 1.38 bits per heavy atom. The Morgan fingerprint density at radius 3 is 2.81 bits per heavy atom. The molecule has 1 aliphatic rings. The third kappa shape index (κ3) is 2.68. The smallest absolute Gasteiger partial charge is 0.406 e. The van der Waals surface area contributed by atoms with Crippen molar-refractivity contribution < 1.29 is 23.4 Å². The lowest BCUT2D eigenvalue weighted by molar-refractivity contribution is -0.274. The number of fused-ring (bicyclic) bond motifs is 1. The molecule has 0 heterocycles. The van der Waals surface area contributed by atoms with E-state index >= 15 is 0 Å². The molecule has 0 radical (unpaired) electrons. The molecule has 0 fully saturated rings.